The molecule has 0 heterocycles. The number of benzene rings is 2. The minimum atomic E-state index is -0.647. The Morgan fingerprint density at radius 2 is 1.37 bits per heavy atom. The lowest BCUT2D eigenvalue weighted by Crippen LogP contribution is -2.41. The van der Waals surface area contributed by atoms with Gasteiger partial charge in [0.25, 0.3) is 11.8 Å². The van der Waals surface area contributed by atoms with Crippen LogP contribution in [0.25, 0.3) is 0 Å². The highest BCUT2D eigenvalue weighted by Gasteiger charge is 2.17. The Kier molecular flexibility index (Phi) is 7.24. The van der Waals surface area contributed by atoms with Crippen LogP contribution in [0, 0.1) is 0 Å². The van der Waals surface area contributed by atoms with Gasteiger partial charge in [0.2, 0.25) is 0 Å². The van der Waals surface area contributed by atoms with Gasteiger partial charge in [-0.15, -0.1) is 0 Å². The van der Waals surface area contributed by atoms with Gasteiger partial charge in [-0.05, 0) is 51.1 Å². The van der Waals surface area contributed by atoms with Crippen molar-refractivity contribution < 1.29 is 28.6 Å². The van der Waals surface area contributed by atoms with Crippen molar-refractivity contribution in [2.75, 3.05) is 19.5 Å². The summed E-state index contributed by atoms with van der Waals surface area (Å²) in [5.41, 5.74) is 4.86. The van der Waals surface area contributed by atoms with Crippen LogP contribution >= 0.6 is 0 Å². The summed E-state index contributed by atoms with van der Waals surface area (Å²) in [6.07, 6.45) is -0.639. The van der Waals surface area contributed by atoms with E-state index in [1.165, 1.54) is 38.5 Å². The standard InChI is InChI=1S/C21H25N3O6/c1-21(2,3)30-20(27)22-15-8-6-7-13(9-15)18(25)23-24-19(26)14-10-16(28-4)12-17(11-14)29-5/h6-12H,1-5H3,(H,22,27)(H,23,25)(H,24,26). The van der Waals surface area contributed by atoms with Crippen molar-refractivity contribution in [1.82, 2.24) is 10.9 Å². The van der Waals surface area contributed by atoms with Gasteiger partial charge in [-0.1, -0.05) is 6.07 Å². The number of ether oxygens (including phenoxy) is 3. The number of carbonyl (C=O) groups excluding carboxylic acids is 3. The minimum Gasteiger partial charge on any atom is -0.497 e. The Morgan fingerprint density at radius 3 is 1.90 bits per heavy atom. The number of amides is 3. The second-order valence-electron chi connectivity index (χ2n) is 7.22. The molecule has 0 spiro atoms. The van der Waals surface area contributed by atoms with E-state index >= 15 is 0 Å². The Bertz CT molecular complexity index is 914. The van der Waals surface area contributed by atoms with Crippen molar-refractivity contribution in [2.24, 2.45) is 0 Å². The summed E-state index contributed by atoms with van der Waals surface area (Å²) < 4.78 is 15.4. The summed E-state index contributed by atoms with van der Waals surface area (Å²) in [6, 6.07) is 10.8. The average Bonchev–Trinajstić information content (AvgIpc) is 2.69. The van der Waals surface area contributed by atoms with Gasteiger partial charge in [-0.25, -0.2) is 4.79 Å². The van der Waals surface area contributed by atoms with Gasteiger partial charge < -0.3 is 14.2 Å². The van der Waals surface area contributed by atoms with E-state index in [9.17, 15) is 14.4 Å². The fourth-order valence-electron chi connectivity index (χ4n) is 2.36. The first-order valence-corrected chi connectivity index (χ1v) is 9.05. The third-order valence-corrected chi connectivity index (χ3v) is 3.67. The predicted octanol–water partition coefficient (Wildman–Crippen LogP) is 3.13. The van der Waals surface area contributed by atoms with Crippen LogP contribution in [0.3, 0.4) is 0 Å². The van der Waals surface area contributed by atoms with Crippen LogP contribution in [0.1, 0.15) is 41.5 Å². The summed E-state index contributed by atoms with van der Waals surface area (Å²) in [5.74, 6) is -0.242. The molecule has 0 aliphatic carbocycles. The maximum absolute atomic E-state index is 12.4. The molecular formula is C21H25N3O6. The van der Waals surface area contributed by atoms with Gasteiger partial charge in [-0.2, -0.15) is 0 Å². The summed E-state index contributed by atoms with van der Waals surface area (Å²) in [6.45, 7) is 5.24. The molecule has 0 aliphatic heterocycles. The highest BCUT2D eigenvalue weighted by Crippen LogP contribution is 2.22. The fraction of sp³-hybridized carbons (Fsp3) is 0.286. The fourth-order valence-corrected chi connectivity index (χ4v) is 2.36. The molecule has 0 saturated heterocycles. The normalized spacial score (nSPS) is 10.6. The number of rotatable bonds is 5. The molecule has 0 radical (unpaired) electrons. The lowest BCUT2D eigenvalue weighted by atomic mass is 10.2. The second kappa shape index (κ2) is 9.64. The van der Waals surface area contributed by atoms with E-state index in [0.29, 0.717) is 17.2 Å². The van der Waals surface area contributed by atoms with Crippen LogP contribution in [-0.2, 0) is 4.74 Å². The number of anilines is 1. The molecule has 0 fully saturated rings. The molecule has 9 heteroatoms. The van der Waals surface area contributed by atoms with Gasteiger partial charge in [0.1, 0.15) is 17.1 Å². The van der Waals surface area contributed by atoms with Gasteiger partial charge in [-0.3, -0.25) is 25.8 Å². The summed E-state index contributed by atoms with van der Waals surface area (Å²) in [4.78, 5) is 36.6. The molecule has 2 aromatic rings. The zero-order valence-corrected chi connectivity index (χ0v) is 17.5. The third kappa shape index (κ3) is 6.69. The highest BCUT2D eigenvalue weighted by molar-refractivity contribution is 6.00. The van der Waals surface area contributed by atoms with Gasteiger partial charge >= 0.3 is 6.09 Å². The van der Waals surface area contributed by atoms with Gasteiger partial charge in [0, 0.05) is 22.9 Å². The molecular weight excluding hydrogens is 390 g/mol. The van der Waals surface area contributed by atoms with Crippen LogP contribution < -0.4 is 25.6 Å². The minimum absolute atomic E-state index is 0.229. The molecule has 0 aromatic heterocycles. The second-order valence-corrected chi connectivity index (χ2v) is 7.22. The molecule has 30 heavy (non-hydrogen) atoms. The number of methoxy groups -OCH3 is 2. The van der Waals surface area contributed by atoms with Crippen molar-refractivity contribution in [1.29, 1.82) is 0 Å². The lowest BCUT2D eigenvalue weighted by molar-refractivity contribution is 0.0635. The Labute approximate surface area is 174 Å². The van der Waals surface area contributed by atoms with Crippen LogP contribution in [0.4, 0.5) is 10.5 Å². The van der Waals surface area contributed by atoms with E-state index in [4.69, 9.17) is 14.2 Å². The van der Waals surface area contributed by atoms with Crippen LogP contribution in [-0.4, -0.2) is 37.7 Å². The monoisotopic (exact) mass is 415 g/mol. The zero-order chi connectivity index (χ0) is 22.3. The SMILES string of the molecule is COc1cc(OC)cc(C(=O)NNC(=O)c2cccc(NC(=O)OC(C)(C)C)c2)c1. The smallest absolute Gasteiger partial charge is 0.412 e. The molecule has 2 aromatic carbocycles. The molecule has 3 N–H and O–H groups in total. The molecule has 3 amide bonds. The molecule has 0 bridgehead atoms. The Hall–Kier alpha value is -3.75. The number of hydrazine groups is 1. The zero-order valence-electron chi connectivity index (χ0n) is 17.5. The average molecular weight is 415 g/mol. The number of nitrogens with one attached hydrogen (secondary N) is 3. The van der Waals surface area contributed by atoms with Crippen molar-refractivity contribution in [3.8, 4) is 11.5 Å². The molecule has 9 nitrogen and oxygen atoms in total. The van der Waals surface area contributed by atoms with Crippen LogP contribution in [0.5, 0.6) is 11.5 Å². The maximum Gasteiger partial charge on any atom is 0.412 e. The van der Waals surface area contributed by atoms with Gasteiger partial charge in [0.05, 0.1) is 14.2 Å². The largest absolute Gasteiger partial charge is 0.497 e. The molecule has 0 unspecified atom stereocenters. The van der Waals surface area contributed by atoms with E-state index in [1.807, 2.05) is 0 Å². The van der Waals surface area contributed by atoms with Gasteiger partial charge in [0.15, 0.2) is 0 Å². The predicted molar refractivity (Wildman–Crippen MR) is 111 cm³/mol. The Balaban J connectivity index is 2.01. The topological polar surface area (TPSA) is 115 Å². The maximum atomic E-state index is 12.4. The molecule has 0 aliphatic rings. The number of hydrogen-bond donors (Lipinski definition) is 3. The molecule has 0 atom stereocenters. The molecule has 160 valence electrons. The van der Waals surface area contributed by atoms with Crippen molar-refractivity contribution in [3.63, 3.8) is 0 Å². The summed E-state index contributed by atoms with van der Waals surface area (Å²) >= 11 is 0. The molecule has 0 saturated carbocycles. The third-order valence-electron chi connectivity index (χ3n) is 3.67. The summed E-state index contributed by atoms with van der Waals surface area (Å²) in [5, 5.41) is 2.55. The van der Waals surface area contributed by atoms with Crippen LogP contribution in [0.15, 0.2) is 42.5 Å². The van der Waals surface area contributed by atoms with E-state index < -0.39 is 23.5 Å². The van der Waals surface area contributed by atoms with E-state index in [1.54, 1.807) is 39.0 Å². The quantitative estimate of drug-likeness (QED) is 0.647. The van der Waals surface area contributed by atoms with Crippen molar-refractivity contribution in [3.05, 3.63) is 53.6 Å². The van der Waals surface area contributed by atoms with E-state index in [-0.39, 0.29) is 11.1 Å². The highest BCUT2D eigenvalue weighted by atomic mass is 16.6. The van der Waals surface area contributed by atoms with Crippen molar-refractivity contribution >= 4 is 23.6 Å². The molecule has 2 rings (SSSR count). The summed E-state index contributed by atoms with van der Waals surface area (Å²) in [7, 11) is 2.94. The first-order chi connectivity index (χ1) is 14.1. The van der Waals surface area contributed by atoms with E-state index in [2.05, 4.69) is 16.2 Å². The Morgan fingerprint density at radius 1 is 0.800 bits per heavy atom. The lowest BCUT2D eigenvalue weighted by Gasteiger charge is -2.19. The number of carbonyl (C=O) groups is 3. The van der Waals surface area contributed by atoms with E-state index in [0.717, 1.165) is 0 Å². The van der Waals surface area contributed by atoms with Crippen molar-refractivity contribution in [2.45, 2.75) is 26.4 Å². The first kappa shape index (κ1) is 22.5. The van der Waals surface area contributed by atoms with Crippen LogP contribution in [0.2, 0.25) is 0 Å². The number of hydrogen-bond acceptors (Lipinski definition) is 6. The first-order valence-electron chi connectivity index (χ1n) is 9.05.